The number of amides is 1. The molecule has 2 rings (SSSR count). The van der Waals surface area contributed by atoms with Crippen LogP contribution in [0.1, 0.15) is 27.4 Å². The summed E-state index contributed by atoms with van der Waals surface area (Å²) in [6.07, 6.45) is 1.65. The number of carbonyl (C=O) groups is 1. The smallest absolute Gasteiger partial charge is 0.255 e. The van der Waals surface area contributed by atoms with Crippen LogP contribution >= 0.6 is 0 Å². The van der Waals surface area contributed by atoms with Gasteiger partial charge in [0.1, 0.15) is 11.6 Å². The zero-order valence-electron chi connectivity index (χ0n) is 10.8. The van der Waals surface area contributed by atoms with Crippen LogP contribution in [-0.4, -0.2) is 21.0 Å². The number of phenols is 1. The lowest BCUT2D eigenvalue weighted by atomic mass is 10.1. The number of carbonyl (C=O) groups excluding carboxylic acids is 1. The number of aryl methyl sites for hydroxylation is 2. The first-order chi connectivity index (χ1) is 9.08. The van der Waals surface area contributed by atoms with Crippen LogP contribution in [0.25, 0.3) is 0 Å². The molecule has 0 atom stereocenters. The molecule has 0 radical (unpaired) electrons. The van der Waals surface area contributed by atoms with Gasteiger partial charge < -0.3 is 10.4 Å². The minimum absolute atomic E-state index is 0.0128. The molecule has 0 aliphatic carbocycles. The highest BCUT2D eigenvalue weighted by molar-refractivity contribution is 5.97. The van der Waals surface area contributed by atoms with Crippen molar-refractivity contribution >= 4 is 5.91 Å². The molecule has 0 unspecified atom stereocenters. The van der Waals surface area contributed by atoms with Crippen LogP contribution in [0, 0.1) is 13.8 Å². The number of nitrogens with zero attached hydrogens (tertiary/aromatic N) is 2. The van der Waals surface area contributed by atoms with Gasteiger partial charge in [-0.3, -0.25) is 4.79 Å². The molecular formula is C14H15N3O2. The van der Waals surface area contributed by atoms with Crippen molar-refractivity contribution < 1.29 is 9.90 Å². The van der Waals surface area contributed by atoms with E-state index in [2.05, 4.69) is 15.3 Å². The molecule has 98 valence electrons. The minimum Gasteiger partial charge on any atom is -0.507 e. The van der Waals surface area contributed by atoms with Crippen molar-refractivity contribution in [2.75, 3.05) is 0 Å². The maximum Gasteiger partial charge on any atom is 0.255 e. The predicted molar refractivity (Wildman–Crippen MR) is 70.8 cm³/mol. The van der Waals surface area contributed by atoms with Crippen molar-refractivity contribution in [2.45, 2.75) is 20.4 Å². The standard InChI is InChI=1S/C14H15N3O2/c1-9-4-3-5-12(13(9)18)14(19)16-8-11-6-7-15-10(2)17-11/h3-7,18H,8H2,1-2H3,(H,16,19). The van der Waals surface area contributed by atoms with Crippen LogP contribution in [0.5, 0.6) is 5.75 Å². The first-order valence-electron chi connectivity index (χ1n) is 5.93. The predicted octanol–water partition coefficient (Wildman–Crippen LogP) is 1.73. The third kappa shape index (κ3) is 3.07. The largest absolute Gasteiger partial charge is 0.507 e. The van der Waals surface area contributed by atoms with E-state index >= 15 is 0 Å². The fourth-order valence-corrected chi connectivity index (χ4v) is 1.71. The van der Waals surface area contributed by atoms with E-state index in [4.69, 9.17) is 0 Å². The van der Waals surface area contributed by atoms with Crippen molar-refractivity contribution in [3.05, 3.63) is 53.1 Å². The van der Waals surface area contributed by atoms with Crippen molar-refractivity contribution in [1.82, 2.24) is 15.3 Å². The van der Waals surface area contributed by atoms with Gasteiger partial charge in [0.2, 0.25) is 0 Å². The Kier molecular flexibility index (Phi) is 3.75. The molecular weight excluding hydrogens is 242 g/mol. The van der Waals surface area contributed by atoms with E-state index in [0.29, 0.717) is 17.9 Å². The molecule has 0 aliphatic heterocycles. The first-order valence-corrected chi connectivity index (χ1v) is 5.93. The molecule has 5 nitrogen and oxygen atoms in total. The summed E-state index contributed by atoms with van der Waals surface area (Å²) in [5, 5.41) is 12.5. The number of aromatic hydroxyl groups is 1. The second-order valence-corrected chi connectivity index (χ2v) is 4.25. The van der Waals surface area contributed by atoms with Gasteiger partial charge in [0.15, 0.2) is 0 Å². The van der Waals surface area contributed by atoms with Gasteiger partial charge in [-0.05, 0) is 31.5 Å². The number of phenolic OH excluding ortho intramolecular Hbond substituents is 1. The van der Waals surface area contributed by atoms with Gasteiger partial charge in [-0.2, -0.15) is 0 Å². The summed E-state index contributed by atoms with van der Waals surface area (Å²) in [6.45, 7) is 3.84. The summed E-state index contributed by atoms with van der Waals surface area (Å²) in [5.41, 5.74) is 1.67. The van der Waals surface area contributed by atoms with Gasteiger partial charge in [0.25, 0.3) is 5.91 Å². The fourth-order valence-electron chi connectivity index (χ4n) is 1.71. The number of hydrogen-bond donors (Lipinski definition) is 2. The Labute approximate surface area is 111 Å². The lowest BCUT2D eigenvalue weighted by Crippen LogP contribution is -2.23. The molecule has 1 aromatic heterocycles. The summed E-state index contributed by atoms with van der Waals surface area (Å²) in [7, 11) is 0. The second-order valence-electron chi connectivity index (χ2n) is 4.25. The lowest BCUT2D eigenvalue weighted by Gasteiger charge is -2.08. The van der Waals surface area contributed by atoms with Crippen LogP contribution in [0.15, 0.2) is 30.5 Å². The number of nitrogens with one attached hydrogen (secondary N) is 1. The van der Waals surface area contributed by atoms with Gasteiger partial charge in [-0.25, -0.2) is 9.97 Å². The Balaban J connectivity index is 2.08. The molecule has 5 heteroatoms. The van der Waals surface area contributed by atoms with E-state index in [-0.39, 0.29) is 17.2 Å². The number of hydrogen-bond acceptors (Lipinski definition) is 4. The zero-order chi connectivity index (χ0) is 13.8. The Morgan fingerprint density at radius 1 is 1.32 bits per heavy atom. The van der Waals surface area contributed by atoms with Crippen LogP contribution < -0.4 is 5.32 Å². The summed E-state index contributed by atoms with van der Waals surface area (Å²) >= 11 is 0. The molecule has 0 spiro atoms. The molecule has 0 fully saturated rings. The third-order valence-corrected chi connectivity index (χ3v) is 2.75. The van der Waals surface area contributed by atoms with Crippen molar-refractivity contribution in [1.29, 1.82) is 0 Å². The molecule has 0 bridgehead atoms. The van der Waals surface area contributed by atoms with Crippen molar-refractivity contribution in [3.63, 3.8) is 0 Å². The lowest BCUT2D eigenvalue weighted by molar-refractivity contribution is 0.0947. The average Bonchev–Trinajstić information content (AvgIpc) is 2.39. The Bertz CT molecular complexity index is 611. The molecule has 2 aromatic rings. The highest BCUT2D eigenvalue weighted by atomic mass is 16.3. The Morgan fingerprint density at radius 3 is 2.84 bits per heavy atom. The van der Waals surface area contributed by atoms with Gasteiger partial charge in [0.05, 0.1) is 17.8 Å². The average molecular weight is 257 g/mol. The van der Waals surface area contributed by atoms with Crippen LogP contribution in [0.4, 0.5) is 0 Å². The molecule has 0 saturated carbocycles. The highest BCUT2D eigenvalue weighted by Crippen LogP contribution is 2.21. The maximum atomic E-state index is 12.0. The topological polar surface area (TPSA) is 75.1 Å². The molecule has 1 amide bonds. The number of aromatic nitrogens is 2. The normalized spacial score (nSPS) is 10.2. The number of rotatable bonds is 3. The van der Waals surface area contributed by atoms with Gasteiger partial charge in [0, 0.05) is 6.20 Å². The summed E-state index contributed by atoms with van der Waals surface area (Å²) in [6, 6.07) is 6.81. The molecule has 19 heavy (non-hydrogen) atoms. The SMILES string of the molecule is Cc1nccc(CNC(=O)c2cccc(C)c2O)n1. The fraction of sp³-hybridized carbons (Fsp3) is 0.214. The molecule has 0 aliphatic rings. The number of benzene rings is 1. The quantitative estimate of drug-likeness (QED) is 0.878. The van der Waals surface area contributed by atoms with Gasteiger partial charge in [-0.15, -0.1) is 0 Å². The van der Waals surface area contributed by atoms with Crippen LogP contribution in [-0.2, 0) is 6.54 Å². The Morgan fingerprint density at radius 2 is 2.11 bits per heavy atom. The van der Waals surface area contributed by atoms with E-state index in [1.165, 1.54) is 0 Å². The summed E-state index contributed by atoms with van der Waals surface area (Å²) in [5.74, 6) is 0.349. The molecule has 0 saturated heterocycles. The molecule has 1 heterocycles. The van der Waals surface area contributed by atoms with E-state index in [9.17, 15) is 9.90 Å². The Hall–Kier alpha value is -2.43. The highest BCUT2D eigenvalue weighted by Gasteiger charge is 2.12. The van der Waals surface area contributed by atoms with Crippen molar-refractivity contribution in [2.24, 2.45) is 0 Å². The van der Waals surface area contributed by atoms with Gasteiger partial charge in [-0.1, -0.05) is 12.1 Å². The van der Waals surface area contributed by atoms with E-state index < -0.39 is 0 Å². The second kappa shape index (κ2) is 5.48. The van der Waals surface area contributed by atoms with Gasteiger partial charge >= 0.3 is 0 Å². The van der Waals surface area contributed by atoms with E-state index in [1.54, 1.807) is 44.3 Å². The van der Waals surface area contributed by atoms with E-state index in [0.717, 1.165) is 5.69 Å². The van der Waals surface area contributed by atoms with Crippen LogP contribution in [0.3, 0.4) is 0 Å². The minimum atomic E-state index is -0.322. The molecule has 1 aromatic carbocycles. The van der Waals surface area contributed by atoms with Crippen LogP contribution in [0.2, 0.25) is 0 Å². The third-order valence-electron chi connectivity index (χ3n) is 2.75. The van der Waals surface area contributed by atoms with E-state index in [1.807, 2.05) is 0 Å². The summed E-state index contributed by atoms with van der Waals surface area (Å²) in [4.78, 5) is 20.1. The van der Waals surface area contributed by atoms with Crippen molar-refractivity contribution in [3.8, 4) is 5.75 Å². The molecule has 2 N–H and O–H groups in total. The maximum absolute atomic E-state index is 12.0. The first kappa shape index (κ1) is 13.0. The number of para-hydroxylation sites is 1. The zero-order valence-corrected chi connectivity index (χ0v) is 10.8. The monoisotopic (exact) mass is 257 g/mol. The summed E-state index contributed by atoms with van der Waals surface area (Å²) < 4.78 is 0.